The zero-order chi connectivity index (χ0) is 89.5. The van der Waals surface area contributed by atoms with Gasteiger partial charge in [0, 0.05) is 138 Å². The summed E-state index contributed by atoms with van der Waals surface area (Å²) in [5.41, 5.74) is 7.39. The predicted octanol–water partition coefficient (Wildman–Crippen LogP) is 15.6. The zero-order valence-electron chi connectivity index (χ0n) is 66.2. The second-order valence-electron chi connectivity index (χ2n) is 28.4. The van der Waals surface area contributed by atoms with Crippen LogP contribution in [0.25, 0.3) is 131 Å². The molecule has 18 rings (SSSR count). The largest absolute Gasteiger partial charge is 0.494 e. The van der Waals surface area contributed by atoms with Gasteiger partial charge in [-0.25, -0.2) is 52.1 Å². The molecule has 8 heterocycles. The minimum Gasteiger partial charge on any atom is -0.480 e. The maximum absolute atomic E-state index is 12.5. The number of carboxylic acid groups (broad SMARTS) is 1. The van der Waals surface area contributed by atoms with Gasteiger partial charge in [-0.05, 0) is 173 Å². The summed E-state index contributed by atoms with van der Waals surface area (Å²) in [5, 5.41) is 22.6. The van der Waals surface area contributed by atoms with Crippen LogP contribution in [0.3, 0.4) is 0 Å². The van der Waals surface area contributed by atoms with Gasteiger partial charge in [0.15, 0.2) is 0 Å². The molecule has 0 saturated carbocycles. The topological polar surface area (TPSA) is 445 Å². The zero-order valence-corrected chi connectivity index (χ0v) is 75.8. The lowest BCUT2D eigenvalue weighted by atomic mass is 9.78. The number of nitrogens with zero attached hydrogens (tertiary/aromatic N) is 2. The molecule has 0 atom stereocenters. The van der Waals surface area contributed by atoms with Crippen LogP contribution in [-0.4, -0.2) is 147 Å². The molecule has 646 valence electrons. The smallest absolute Gasteiger partial charge is 0.480 e. The minimum atomic E-state index is -3.93. The number of furan rings is 5. The number of hydrogen-bond acceptors (Lipinski definition) is 28. The molecule has 1 saturated heterocycles. The van der Waals surface area contributed by atoms with Crippen LogP contribution in [0, 0.1) is 0 Å². The summed E-state index contributed by atoms with van der Waals surface area (Å²) in [4.78, 5) is 52.7. The Kier molecular flexibility index (Phi) is 26.2. The Morgan fingerprint density at radius 2 is 0.672 bits per heavy atom. The van der Waals surface area contributed by atoms with Gasteiger partial charge in [0.25, 0.3) is 9.05 Å². The summed E-state index contributed by atoms with van der Waals surface area (Å²) in [7, 11) is -10.9. The number of benzene rings is 10. The third kappa shape index (κ3) is 20.0. The fourth-order valence-corrected chi connectivity index (χ4v) is 19.6. The van der Waals surface area contributed by atoms with Gasteiger partial charge in [0.1, 0.15) is 92.0 Å². The van der Waals surface area contributed by atoms with E-state index in [1.165, 1.54) is 93.3 Å². The molecule has 31 nitrogen and oxygen atoms in total. The number of carboxylic acids is 1. The molecule has 0 radical (unpaired) electrons. The van der Waals surface area contributed by atoms with Crippen molar-refractivity contribution < 1.29 is 112 Å². The molecular weight excluding hydrogens is 1910 g/mol. The highest BCUT2D eigenvalue weighted by molar-refractivity contribution is 9.10. The lowest BCUT2D eigenvalue weighted by Crippen LogP contribution is -2.41. The average Bonchev–Trinajstić information content (AvgIpc) is 1.62. The van der Waals surface area contributed by atoms with Crippen LogP contribution in [-0.2, 0) is 91.8 Å². The number of esters is 3. The third-order valence-corrected chi connectivity index (χ3v) is 29.5. The molecule has 0 unspecified atom stereocenters. The van der Waals surface area contributed by atoms with Crippen LogP contribution in [0.4, 0.5) is 0 Å². The summed E-state index contributed by atoms with van der Waals surface area (Å²) in [6.45, 7) is 5.98. The lowest BCUT2D eigenvalue weighted by Gasteiger charge is -2.32. The van der Waals surface area contributed by atoms with Crippen molar-refractivity contribution in [3.63, 3.8) is 0 Å². The van der Waals surface area contributed by atoms with Crippen LogP contribution in [0.15, 0.2) is 261 Å². The predicted molar refractivity (Wildman–Crippen MR) is 479 cm³/mol. The molecule has 0 spiro atoms. The average molecular weight is 1980 g/mol. The molecule has 1 aliphatic heterocycles. The highest BCUT2D eigenvalue weighted by Gasteiger charge is 2.52. The Bertz CT molecular complexity index is 7720. The monoisotopic (exact) mass is 1980 g/mol. The van der Waals surface area contributed by atoms with E-state index in [-0.39, 0.29) is 24.5 Å². The van der Waals surface area contributed by atoms with Crippen LogP contribution in [0.5, 0.6) is 0 Å². The number of fused-ring (bicyclic) bond motifs is 15. The molecule has 0 bridgehead atoms. The first-order valence-electron chi connectivity index (χ1n) is 36.8. The van der Waals surface area contributed by atoms with Crippen molar-refractivity contribution in [2.45, 2.75) is 63.4 Å². The lowest BCUT2D eigenvalue weighted by molar-refractivity contribution is -0.140. The molecule has 42 heteroatoms. The van der Waals surface area contributed by atoms with E-state index in [0.717, 1.165) is 89.4 Å². The van der Waals surface area contributed by atoms with Crippen LogP contribution >= 0.6 is 65.2 Å². The highest BCUT2D eigenvalue weighted by atomic mass is 79.9. The van der Waals surface area contributed by atoms with E-state index >= 15 is 0 Å². The number of carbonyl (C=O) groups is 4. The number of aliphatic carboxylic acids is 1. The number of aromatic nitrogens is 2. The first-order valence-corrected chi connectivity index (χ1v) is 48.4. The van der Waals surface area contributed by atoms with E-state index in [0.29, 0.717) is 55.8 Å². The van der Waals surface area contributed by atoms with E-state index in [1.807, 2.05) is 134 Å². The van der Waals surface area contributed by atoms with Crippen molar-refractivity contribution in [1.29, 1.82) is 0 Å². The van der Waals surface area contributed by atoms with Gasteiger partial charge in [-0.15, -0.1) is 22.7 Å². The van der Waals surface area contributed by atoms with Crippen molar-refractivity contribution in [1.82, 2.24) is 28.9 Å². The number of carbonyl (C=O) groups excluding carboxylic acids is 3. The maximum atomic E-state index is 12.5. The molecular formula is C83H68BBr2ClN6O25S7. The number of rotatable bonds is 20. The number of ether oxygens (including phenoxy) is 3. The van der Waals surface area contributed by atoms with Crippen molar-refractivity contribution in [2.75, 3.05) is 47.5 Å². The van der Waals surface area contributed by atoms with Crippen molar-refractivity contribution in [2.24, 2.45) is 0 Å². The Labute approximate surface area is 741 Å². The number of nitrogens with one attached hydrogen (secondary N) is 4. The highest BCUT2D eigenvalue weighted by Crippen LogP contribution is 2.41. The van der Waals surface area contributed by atoms with E-state index < -0.39 is 118 Å². The first kappa shape index (κ1) is 90.4. The molecule has 5 N–H and O–H groups in total. The summed E-state index contributed by atoms with van der Waals surface area (Å²) in [6, 6.07) is 51.1. The third-order valence-electron chi connectivity index (χ3n) is 19.9. The van der Waals surface area contributed by atoms with E-state index in [9.17, 15) is 61.3 Å². The summed E-state index contributed by atoms with van der Waals surface area (Å²) >= 11 is 9.86. The summed E-state index contributed by atoms with van der Waals surface area (Å²) < 4.78 is 186. The summed E-state index contributed by atoms with van der Waals surface area (Å²) in [6.07, 6.45) is 3.48. The molecule has 125 heavy (non-hydrogen) atoms. The number of sulfonamides is 4. The van der Waals surface area contributed by atoms with Gasteiger partial charge in [0.2, 0.25) is 40.1 Å². The van der Waals surface area contributed by atoms with Crippen LogP contribution < -0.4 is 24.4 Å². The van der Waals surface area contributed by atoms with Crippen molar-refractivity contribution in [3.8, 4) is 21.1 Å². The molecule has 17 aromatic rings. The Morgan fingerprint density at radius 3 is 0.976 bits per heavy atom. The fourth-order valence-electron chi connectivity index (χ4n) is 12.9. The van der Waals surface area contributed by atoms with Gasteiger partial charge < -0.3 is 50.7 Å². The van der Waals surface area contributed by atoms with E-state index in [2.05, 4.69) is 70.2 Å². The SMILES string of the molecule is COC(=O)CNS(=O)(=O)c1ccc2c(c1)oc1ccc(-c3nccs3)cc12.COC(=O)CNS(=O)(=O)c1ccc2c(c1)oc1ccc(B3OC(C)(C)C(C)(C)O3)cc12.COC(=O)CNS(=O)(=O)c1ccc2c(c1)oc1ccc(Br)cc12.O=C(O)CNS(=O)(=O)c1ccc2c(c1)oc1ccc(-c3nccs3)cc12.O=S(=O)(Cl)c1ccc2c(c1)oc1ccc(Br)cc12. The Morgan fingerprint density at radius 1 is 0.384 bits per heavy atom. The standard InChI is InChI=1S/C21H24BNO7S.C18H14N2O5S2.C17H12N2O5S2.C15H12BrNO5S.C12H6BrClO3S/c1-20(2)21(3,4)30-22(29-20)13-6-9-17-16(10-13)15-8-7-14(11-18(15)28-17)31(25,26)23-12-19(24)27-5;1-24-17(21)10-20-27(22,23)12-3-4-13-14-8-11(18-19-6-7-26-18)2-5-15(14)25-16(13)9-12;20-16(21)9-19-26(22,23)11-2-3-12-13-7-10(17-18-5-6-25-17)1-4-14(13)24-15(12)8-11;1-21-15(18)8-17-23(19,20)10-3-4-11-12-6-9(16)2-5-13(12)22-14(11)7-10;13-7-1-4-11-10(5-7)9-3-2-8(18(14,15)16)6-12(9)17-11/h6-11,23H,12H2,1-5H3;2-9,20H,10H2,1H3;1-8,19H,9H2,(H,20,21);2-7,17H,8H2,1H3;1-6H. The van der Waals surface area contributed by atoms with Gasteiger partial charge in [0.05, 0.1) is 57.0 Å². The fraction of sp³-hybridized carbons (Fsp3) is 0.157. The van der Waals surface area contributed by atoms with E-state index in [1.54, 1.807) is 54.1 Å². The number of halogens is 3. The Balaban J connectivity index is 0.000000128. The number of hydrogen-bond donors (Lipinski definition) is 5. The first-order chi connectivity index (χ1) is 59.2. The van der Waals surface area contributed by atoms with Crippen LogP contribution in [0.2, 0.25) is 0 Å². The van der Waals surface area contributed by atoms with Gasteiger partial charge in [-0.1, -0.05) is 44.0 Å². The molecule has 1 fully saturated rings. The number of thiazole rings is 2. The quantitative estimate of drug-likeness (QED) is 0.0205. The molecule has 1 aliphatic rings. The molecule has 0 amide bonds. The molecule has 10 aromatic carbocycles. The Hall–Kier alpha value is -10.8. The number of methoxy groups -OCH3 is 3. The summed E-state index contributed by atoms with van der Waals surface area (Å²) in [5.74, 6) is -3.27. The van der Waals surface area contributed by atoms with Crippen molar-refractivity contribution >= 4 is 261 Å². The van der Waals surface area contributed by atoms with E-state index in [4.69, 9.17) is 47.2 Å². The normalized spacial score (nSPS) is 13.5. The van der Waals surface area contributed by atoms with Gasteiger partial charge in [-0.2, -0.15) is 18.9 Å². The van der Waals surface area contributed by atoms with Gasteiger partial charge >= 0.3 is 31.0 Å². The maximum Gasteiger partial charge on any atom is 0.494 e. The van der Waals surface area contributed by atoms with Gasteiger partial charge in [-0.3, -0.25) is 19.2 Å². The second kappa shape index (κ2) is 36.3. The molecule has 0 aliphatic carbocycles. The van der Waals surface area contributed by atoms with Crippen LogP contribution in [0.1, 0.15) is 27.7 Å². The second-order valence-corrected chi connectivity index (χ2v) is 41.6. The van der Waals surface area contributed by atoms with Crippen molar-refractivity contribution in [3.05, 3.63) is 214 Å². The minimum absolute atomic E-state index is 0.00542. The molecule has 7 aromatic heterocycles.